The Balaban J connectivity index is 2.22. The number of hydrogen-bond donors (Lipinski definition) is 5. The number of Topliss-reactive ketones (excluding diaryl/α,β-unsaturated/α-hetero) is 2. The average molecular weight is 674 g/mol. The predicted molar refractivity (Wildman–Crippen MR) is 186 cm³/mol. The third-order valence-corrected chi connectivity index (χ3v) is 8.20. The Morgan fingerprint density at radius 3 is 2.10 bits per heavy atom. The van der Waals surface area contributed by atoms with Crippen LogP contribution in [-0.4, -0.2) is 84.5 Å². The second-order valence-electron chi connectivity index (χ2n) is 12.4. The molecule has 0 aliphatic carbocycles. The Labute approximate surface area is 286 Å². The highest BCUT2D eigenvalue weighted by molar-refractivity contribution is 5.94. The molecule has 0 heterocycles. The molecule has 0 aliphatic heterocycles. The highest BCUT2D eigenvalue weighted by atomic mass is 16.4. The third kappa shape index (κ3) is 20.0. The second kappa shape index (κ2) is 26.5. The zero-order valence-electron chi connectivity index (χ0n) is 29.1. The minimum atomic E-state index is -1.02. The molecule has 12 heteroatoms. The van der Waals surface area contributed by atoms with Crippen molar-refractivity contribution in [2.24, 2.45) is 5.73 Å². The molecule has 0 saturated carbocycles. The van der Waals surface area contributed by atoms with Gasteiger partial charge < -0.3 is 26.3 Å². The van der Waals surface area contributed by atoms with Gasteiger partial charge in [-0.2, -0.15) is 0 Å². The number of nitrogens with two attached hydrogens (primary N) is 1. The molecule has 0 radical (unpaired) electrons. The zero-order chi connectivity index (χ0) is 35.6. The highest BCUT2D eigenvalue weighted by Gasteiger charge is 2.22. The van der Waals surface area contributed by atoms with Crippen LogP contribution in [0.25, 0.3) is 0 Å². The van der Waals surface area contributed by atoms with E-state index in [4.69, 9.17) is 10.8 Å². The molecule has 2 amide bonds. The number of aldehydes is 1. The largest absolute Gasteiger partial charge is 0.481 e. The number of carbonyl (C=O) groups excluding carboxylic acids is 5. The Bertz CT molecular complexity index is 1110. The fourth-order valence-electron chi connectivity index (χ4n) is 5.23. The van der Waals surface area contributed by atoms with Gasteiger partial charge in [0.25, 0.3) is 5.91 Å². The molecular weight excluding hydrogens is 614 g/mol. The summed E-state index contributed by atoms with van der Waals surface area (Å²) in [6, 6.07) is 6.33. The van der Waals surface area contributed by atoms with Crippen LogP contribution in [0.1, 0.15) is 126 Å². The van der Waals surface area contributed by atoms with E-state index in [0.29, 0.717) is 63.5 Å². The number of aryl methyl sites for hydroxylation is 1. The lowest BCUT2D eigenvalue weighted by atomic mass is 10.0. The van der Waals surface area contributed by atoms with Gasteiger partial charge in [0.05, 0.1) is 18.6 Å². The van der Waals surface area contributed by atoms with Gasteiger partial charge in [0, 0.05) is 44.8 Å². The average Bonchev–Trinajstić information content (AvgIpc) is 3.07. The first-order chi connectivity index (χ1) is 23.1. The molecule has 2 atom stereocenters. The van der Waals surface area contributed by atoms with E-state index in [2.05, 4.69) is 23.0 Å². The van der Waals surface area contributed by atoms with E-state index < -0.39 is 18.1 Å². The number of carbonyl (C=O) groups is 6. The van der Waals surface area contributed by atoms with Crippen molar-refractivity contribution < 1.29 is 33.9 Å². The Morgan fingerprint density at radius 1 is 0.854 bits per heavy atom. The van der Waals surface area contributed by atoms with Gasteiger partial charge >= 0.3 is 5.97 Å². The first-order valence-corrected chi connectivity index (χ1v) is 17.7. The maximum atomic E-state index is 12.9. The van der Waals surface area contributed by atoms with Crippen LogP contribution in [0.15, 0.2) is 24.3 Å². The standard InChI is InChI=1S/C36H59N5O7/c1-3-13-28-18-20-29(21-19-28)36(48)38-25-12-6-8-15-31(43)14-7-4-5-9-17-34(45)41(2)40-32(16-10-11-24-37)33(44)26-39-30(27-42)22-23-35(46)47/h18-21,27,30,32,39-40H,3-17,22-26,37H2,1-2H3,(H,38,48)(H,46,47)/t30-,32-/m0/s1. The van der Waals surface area contributed by atoms with E-state index >= 15 is 0 Å². The van der Waals surface area contributed by atoms with Crippen molar-refractivity contribution in [1.82, 2.24) is 21.1 Å². The first-order valence-electron chi connectivity index (χ1n) is 17.7. The summed E-state index contributed by atoms with van der Waals surface area (Å²) < 4.78 is 0. The molecule has 48 heavy (non-hydrogen) atoms. The van der Waals surface area contributed by atoms with Gasteiger partial charge in [-0.25, -0.2) is 5.43 Å². The molecule has 0 aliphatic rings. The number of carboxylic acids is 1. The monoisotopic (exact) mass is 673 g/mol. The summed E-state index contributed by atoms with van der Waals surface area (Å²) in [6.45, 7) is 3.08. The summed E-state index contributed by atoms with van der Waals surface area (Å²) in [7, 11) is 1.58. The van der Waals surface area contributed by atoms with Crippen molar-refractivity contribution >= 4 is 35.6 Å². The molecule has 12 nitrogen and oxygen atoms in total. The van der Waals surface area contributed by atoms with Crippen molar-refractivity contribution in [2.45, 2.75) is 128 Å². The number of benzene rings is 1. The number of unbranched alkanes of at least 4 members (excludes halogenated alkanes) is 6. The number of hydrogen-bond acceptors (Lipinski definition) is 9. The summed E-state index contributed by atoms with van der Waals surface area (Å²) in [5.41, 5.74) is 10.5. The van der Waals surface area contributed by atoms with Crippen molar-refractivity contribution in [1.29, 1.82) is 0 Å². The number of amides is 2. The zero-order valence-corrected chi connectivity index (χ0v) is 29.1. The highest BCUT2D eigenvalue weighted by Crippen LogP contribution is 2.11. The lowest BCUT2D eigenvalue weighted by Gasteiger charge is -2.26. The summed E-state index contributed by atoms with van der Waals surface area (Å²) in [6.07, 6.45) is 11.5. The smallest absolute Gasteiger partial charge is 0.303 e. The predicted octanol–water partition coefficient (Wildman–Crippen LogP) is 3.89. The maximum Gasteiger partial charge on any atom is 0.303 e. The number of carboxylic acid groups (broad SMARTS) is 1. The van der Waals surface area contributed by atoms with Crippen molar-refractivity contribution in [3.63, 3.8) is 0 Å². The van der Waals surface area contributed by atoms with E-state index in [1.165, 1.54) is 10.6 Å². The van der Waals surface area contributed by atoms with Crippen LogP contribution in [0.2, 0.25) is 0 Å². The van der Waals surface area contributed by atoms with Crippen LogP contribution in [0.5, 0.6) is 0 Å². The summed E-state index contributed by atoms with van der Waals surface area (Å²) in [5.74, 6) is -1.22. The normalized spacial score (nSPS) is 12.2. The van der Waals surface area contributed by atoms with Crippen molar-refractivity contribution in [3.8, 4) is 0 Å². The molecule has 0 fully saturated rings. The SMILES string of the molecule is CCCc1ccc(C(=O)NCCCCCC(=O)CCCCCCC(=O)N(C)N[C@@H](CCCCN)C(=O)CN[C@H](C=O)CCC(=O)O)cc1. The lowest BCUT2D eigenvalue weighted by Crippen LogP contribution is -2.51. The molecular formula is C36H59N5O7. The minimum Gasteiger partial charge on any atom is -0.481 e. The quantitative estimate of drug-likeness (QED) is 0.0455. The third-order valence-electron chi connectivity index (χ3n) is 8.20. The van der Waals surface area contributed by atoms with Crippen LogP contribution in [0.4, 0.5) is 0 Å². The first kappa shape index (κ1) is 42.5. The van der Waals surface area contributed by atoms with Crippen molar-refractivity contribution in [2.75, 3.05) is 26.7 Å². The number of hydrazine groups is 1. The Kier molecular flexibility index (Phi) is 23.5. The lowest BCUT2D eigenvalue weighted by molar-refractivity contribution is -0.137. The van der Waals surface area contributed by atoms with Gasteiger partial charge in [-0.1, -0.05) is 51.2 Å². The topological polar surface area (TPSA) is 188 Å². The molecule has 0 aromatic heterocycles. The molecule has 0 bridgehead atoms. The second-order valence-corrected chi connectivity index (χ2v) is 12.4. The molecule has 0 saturated heterocycles. The Hall–Kier alpha value is -3.48. The van der Waals surface area contributed by atoms with Gasteiger partial charge in [-0.3, -0.25) is 29.0 Å². The van der Waals surface area contributed by atoms with Crippen molar-refractivity contribution in [3.05, 3.63) is 35.4 Å². The van der Waals surface area contributed by atoms with Gasteiger partial charge in [0.15, 0.2) is 5.78 Å². The number of nitrogens with zero attached hydrogens (tertiary/aromatic N) is 1. The van der Waals surface area contributed by atoms with E-state index in [1.54, 1.807) is 7.05 Å². The van der Waals surface area contributed by atoms with Crippen LogP contribution >= 0.6 is 0 Å². The fraction of sp³-hybridized carbons (Fsp3) is 0.667. The van der Waals surface area contributed by atoms with E-state index in [9.17, 15) is 28.8 Å². The van der Waals surface area contributed by atoms with Gasteiger partial charge in [-0.15, -0.1) is 0 Å². The molecule has 270 valence electrons. The van der Waals surface area contributed by atoms with E-state index in [0.717, 1.165) is 57.8 Å². The molecule has 1 aromatic rings. The minimum absolute atomic E-state index is 0.0677. The molecule has 0 unspecified atom stereocenters. The fourth-order valence-corrected chi connectivity index (χ4v) is 5.23. The molecule has 1 aromatic carbocycles. The number of rotatable bonds is 30. The van der Waals surface area contributed by atoms with Gasteiger partial charge in [0.2, 0.25) is 5.91 Å². The summed E-state index contributed by atoms with van der Waals surface area (Å²) >= 11 is 0. The maximum absolute atomic E-state index is 12.9. The molecule has 0 spiro atoms. The number of nitrogens with one attached hydrogen (secondary N) is 3. The number of aliphatic carboxylic acids is 1. The van der Waals surface area contributed by atoms with E-state index in [1.807, 2.05) is 24.3 Å². The molecule has 1 rings (SSSR count). The van der Waals surface area contributed by atoms with Gasteiger partial charge in [-0.05, 0) is 75.6 Å². The van der Waals surface area contributed by atoms with Crippen LogP contribution in [-0.2, 0) is 30.4 Å². The summed E-state index contributed by atoms with van der Waals surface area (Å²) in [4.78, 5) is 72.2. The van der Waals surface area contributed by atoms with Gasteiger partial charge in [0.1, 0.15) is 12.1 Å². The summed E-state index contributed by atoms with van der Waals surface area (Å²) in [5, 5.41) is 15.9. The van der Waals surface area contributed by atoms with Crippen LogP contribution in [0, 0.1) is 0 Å². The van der Waals surface area contributed by atoms with Crippen LogP contribution in [0.3, 0.4) is 0 Å². The molecule has 6 N–H and O–H groups in total. The number of ketones is 2. The van der Waals surface area contributed by atoms with E-state index in [-0.39, 0.29) is 42.8 Å². The van der Waals surface area contributed by atoms with Crippen LogP contribution < -0.4 is 21.8 Å². The Morgan fingerprint density at radius 2 is 1.50 bits per heavy atom.